The Labute approximate surface area is 141 Å². The lowest BCUT2D eigenvalue weighted by atomic mass is 10.0. The normalized spacial score (nSPS) is 11.8. The molecular weight excluding hydrogens is 448 g/mol. The second-order valence-electron chi connectivity index (χ2n) is 3.77. The summed E-state index contributed by atoms with van der Waals surface area (Å²) in [5.74, 6) is 0. The molecule has 1 nitrogen and oxygen atoms in total. The molecule has 2 aromatic rings. The number of halogens is 7. The van der Waals surface area contributed by atoms with E-state index in [4.69, 9.17) is 34.8 Å². The summed E-state index contributed by atoms with van der Waals surface area (Å²) >= 11 is 19.5. The lowest BCUT2D eigenvalue weighted by molar-refractivity contribution is -0.137. The monoisotopic (exact) mass is 451 g/mol. The molecule has 8 heteroatoms. The maximum absolute atomic E-state index is 13.0. The van der Waals surface area contributed by atoms with Gasteiger partial charge in [-0.3, -0.25) is 0 Å². The van der Waals surface area contributed by atoms with Crippen molar-refractivity contribution >= 4 is 57.4 Å². The third kappa shape index (κ3) is 3.16. The van der Waals surface area contributed by atoms with E-state index in [0.717, 1.165) is 6.20 Å². The van der Waals surface area contributed by atoms with Crippen molar-refractivity contribution in [1.29, 1.82) is 0 Å². The van der Waals surface area contributed by atoms with Crippen molar-refractivity contribution in [2.75, 3.05) is 0 Å². The van der Waals surface area contributed by atoms with Crippen LogP contribution in [0.5, 0.6) is 0 Å². The van der Waals surface area contributed by atoms with Crippen LogP contribution in [0.4, 0.5) is 13.2 Å². The summed E-state index contributed by atoms with van der Waals surface area (Å²) in [6, 6.07) is 4.10. The van der Waals surface area contributed by atoms with E-state index < -0.39 is 11.7 Å². The van der Waals surface area contributed by atoms with E-state index in [9.17, 15) is 13.2 Å². The standard InChI is InChI=1S/C12H4Cl3F3IN/c13-8-2-1-5(10(14)11(8)15)6-3-9(19)20-4-7(6)12(16,17)18/h1-4H. The predicted octanol–water partition coefficient (Wildman–Crippen LogP) is 6.33. The Kier molecular flexibility index (Phi) is 4.73. The van der Waals surface area contributed by atoms with Crippen LogP contribution in [0.15, 0.2) is 24.4 Å². The van der Waals surface area contributed by atoms with Crippen molar-refractivity contribution in [2.24, 2.45) is 0 Å². The number of hydrogen-bond acceptors (Lipinski definition) is 1. The van der Waals surface area contributed by atoms with Gasteiger partial charge in [-0.1, -0.05) is 40.9 Å². The zero-order chi connectivity index (χ0) is 15.1. The van der Waals surface area contributed by atoms with Gasteiger partial charge in [0.2, 0.25) is 0 Å². The van der Waals surface area contributed by atoms with E-state index in [1.54, 1.807) is 0 Å². The molecule has 106 valence electrons. The summed E-state index contributed by atoms with van der Waals surface area (Å²) in [5, 5.41) is 0.176. The van der Waals surface area contributed by atoms with Crippen LogP contribution >= 0.6 is 57.4 Å². The zero-order valence-electron chi connectivity index (χ0n) is 9.40. The van der Waals surface area contributed by atoms with E-state index in [1.165, 1.54) is 18.2 Å². The molecule has 0 fully saturated rings. The van der Waals surface area contributed by atoms with Gasteiger partial charge in [-0.2, -0.15) is 13.2 Å². The molecule has 0 spiro atoms. The number of nitrogens with zero attached hydrogens (tertiary/aromatic N) is 1. The van der Waals surface area contributed by atoms with Gasteiger partial charge in [0.25, 0.3) is 0 Å². The largest absolute Gasteiger partial charge is 0.418 e. The summed E-state index contributed by atoms with van der Waals surface area (Å²) in [7, 11) is 0. The van der Waals surface area contributed by atoms with Gasteiger partial charge in [-0.15, -0.1) is 0 Å². The fraction of sp³-hybridized carbons (Fsp3) is 0.0833. The number of alkyl halides is 3. The molecule has 0 saturated heterocycles. The van der Waals surface area contributed by atoms with Gasteiger partial charge in [0.15, 0.2) is 0 Å². The third-order valence-corrected chi connectivity index (χ3v) is 4.38. The fourth-order valence-corrected chi connectivity index (χ4v) is 2.70. The number of aromatic nitrogens is 1. The third-order valence-electron chi connectivity index (χ3n) is 2.50. The molecule has 1 heterocycles. The molecule has 20 heavy (non-hydrogen) atoms. The fourth-order valence-electron chi connectivity index (χ4n) is 1.61. The van der Waals surface area contributed by atoms with Gasteiger partial charge < -0.3 is 0 Å². The molecular formula is C12H4Cl3F3IN. The molecule has 0 bridgehead atoms. The molecule has 0 saturated carbocycles. The average molecular weight is 452 g/mol. The molecule has 0 radical (unpaired) electrons. The maximum atomic E-state index is 13.0. The number of rotatable bonds is 1. The molecule has 2 rings (SSSR count). The molecule has 0 unspecified atom stereocenters. The minimum absolute atomic E-state index is 0.0192. The van der Waals surface area contributed by atoms with Gasteiger partial charge in [0.1, 0.15) is 3.70 Å². The lowest BCUT2D eigenvalue weighted by Crippen LogP contribution is -2.08. The Morgan fingerprint density at radius 1 is 1.00 bits per heavy atom. The van der Waals surface area contributed by atoms with Gasteiger partial charge in [-0.05, 0) is 40.3 Å². The average Bonchev–Trinajstić information content (AvgIpc) is 2.34. The first-order chi connectivity index (χ1) is 9.21. The van der Waals surface area contributed by atoms with Crippen molar-refractivity contribution in [2.45, 2.75) is 6.18 Å². The number of benzene rings is 1. The summed E-state index contributed by atoms with van der Waals surface area (Å²) in [5.41, 5.74) is -0.799. The second kappa shape index (κ2) is 5.87. The van der Waals surface area contributed by atoms with Crippen molar-refractivity contribution in [1.82, 2.24) is 4.98 Å². The van der Waals surface area contributed by atoms with Crippen LogP contribution in [0, 0.1) is 3.70 Å². The van der Waals surface area contributed by atoms with Crippen LogP contribution < -0.4 is 0 Å². The highest BCUT2D eigenvalue weighted by Gasteiger charge is 2.35. The van der Waals surface area contributed by atoms with Crippen molar-refractivity contribution < 1.29 is 13.2 Å². The van der Waals surface area contributed by atoms with Crippen LogP contribution in [-0.2, 0) is 6.18 Å². The Balaban J connectivity index is 2.76. The van der Waals surface area contributed by atoms with E-state index in [0.29, 0.717) is 3.70 Å². The Bertz CT molecular complexity index is 674. The molecule has 0 atom stereocenters. The van der Waals surface area contributed by atoms with Crippen molar-refractivity contribution in [3.05, 3.63) is 48.7 Å². The van der Waals surface area contributed by atoms with E-state index in [-0.39, 0.29) is 26.2 Å². The minimum Gasteiger partial charge on any atom is -0.250 e. The predicted molar refractivity (Wildman–Crippen MR) is 82.4 cm³/mol. The van der Waals surface area contributed by atoms with Gasteiger partial charge in [-0.25, -0.2) is 4.98 Å². The number of pyridine rings is 1. The highest BCUT2D eigenvalue weighted by molar-refractivity contribution is 14.1. The molecule has 0 amide bonds. The van der Waals surface area contributed by atoms with Crippen LogP contribution in [0.2, 0.25) is 15.1 Å². The minimum atomic E-state index is -4.54. The highest BCUT2D eigenvalue weighted by Crippen LogP contribution is 2.43. The Hall–Kier alpha value is -0.240. The van der Waals surface area contributed by atoms with Gasteiger partial charge in [0.05, 0.1) is 20.6 Å². The lowest BCUT2D eigenvalue weighted by Gasteiger charge is -2.14. The number of hydrogen-bond donors (Lipinski definition) is 0. The first-order valence-corrected chi connectivity index (χ1v) is 7.29. The maximum Gasteiger partial charge on any atom is 0.418 e. The smallest absolute Gasteiger partial charge is 0.250 e. The summed E-state index contributed by atoms with van der Waals surface area (Å²) in [6.45, 7) is 0. The van der Waals surface area contributed by atoms with Crippen LogP contribution in [0.25, 0.3) is 11.1 Å². The Morgan fingerprint density at radius 2 is 1.65 bits per heavy atom. The molecule has 0 aliphatic carbocycles. The zero-order valence-corrected chi connectivity index (χ0v) is 13.8. The van der Waals surface area contributed by atoms with Crippen molar-refractivity contribution in [3.8, 4) is 11.1 Å². The highest BCUT2D eigenvalue weighted by atomic mass is 127. The van der Waals surface area contributed by atoms with E-state index in [2.05, 4.69) is 4.98 Å². The first-order valence-electron chi connectivity index (χ1n) is 5.08. The second-order valence-corrected chi connectivity index (χ2v) is 6.04. The molecule has 0 aliphatic rings. The molecule has 1 aromatic heterocycles. The summed E-state index contributed by atoms with van der Waals surface area (Å²) < 4.78 is 39.5. The van der Waals surface area contributed by atoms with E-state index >= 15 is 0 Å². The van der Waals surface area contributed by atoms with Crippen LogP contribution in [-0.4, -0.2) is 4.98 Å². The quantitative estimate of drug-likeness (QED) is 0.280. The van der Waals surface area contributed by atoms with Crippen LogP contribution in [0.1, 0.15) is 5.56 Å². The summed E-state index contributed by atoms with van der Waals surface area (Å²) in [4.78, 5) is 3.67. The first kappa shape index (κ1) is 16.1. The molecule has 0 aliphatic heterocycles. The van der Waals surface area contributed by atoms with Crippen molar-refractivity contribution in [3.63, 3.8) is 0 Å². The Morgan fingerprint density at radius 3 is 2.25 bits per heavy atom. The SMILES string of the molecule is FC(F)(F)c1cnc(I)cc1-c1ccc(Cl)c(Cl)c1Cl. The molecule has 0 N–H and O–H groups in total. The van der Waals surface area contributed by atoms with Gasteiger partial charge >= 0.3 is 6.18 Å². The summed E-state index contributed by atoms with van der Waals surface area (Å²) in [6.07, 6.45) is -3.77. The van der Waals surface area contributed by atoms with Gasteiger partial charge in [0, 0.05) is 11.8 Å². The van der Waals surface area contributed by atoms with Crippen LogP contribution in [0.3, 0.4) is 0 Å². The molecule has 1 aromatic carbocycles. The van der Waals surface area contributed by atoms with E-state index in [1.807, 2.05) is 22.6 Å². The topological polar surface area (TPSA) is 12.9 Å².